The average Bonchev–Trinajstić information content (AvgIpc) is 2.78. The summed E-state index contributed by atoms with van der Waals surface area (Å²) >= 11 is 0. The summed E-state index contributed by atoms with van der Waals surface area (Å²) in [6, 6.07) is 17.8. The summed E-state index contributed by atoms with van der Waals surface area (Å²) < 4.78 is 5.01. The highest BCUT2D eigenvalue weighted by atomic mass is 16.6. The van der Waals surface area contributed by atoms with Crippen molar-refractivity contribution in [3.05, 3.63) is 93.0 Å². The molecule has 0 saturated heterocycles. The second-order valence-corrected chi connectivity index (χ2v) is 7.41. The fourth-order valence-electron chi connectivity index (χ4n) is 3.25. The molecule has 1 amide bonds. The molecule has 0 atom stereocenters. The first-order chi connectivity index (χ1) is 15.4. The maximum absolute atomic E-state index is 12.2. The van der Waals surface area contributed by atoms with Crippen LogP contribution in [0.3, 0.4) is 0 Å². The van der Waals surface area contributed by atoms with E-state index in [0.29, 0.717) is 12.1 Å². The van der Waals surface area contributed by atoms with Crippen molar-refractivity contribution in [1.82, 2.24) is 5.32 Å². The molecule has 0 spiro atoms. The number of nitrogens with zero attached hydrogens (tertiary/aromatic N) is 1. The first-order valence-corrected chi connectivity index (χ1v) is 10.0. The highest BCUT2D eigenvalue weighted by Crippen LogP contribution is 2.34. The van der Waals surface area contributed by atoms with E-state index < -0.39 is 4.92 Å². The van der Waals surface area contributed by atoms with Crippen LogP contribution in [0, 0.1) is 17.0 Å². The molecule has 0 heterocycles. The van der Waals surface area contributed by atoms with Crippen molar-refractivity contribution in [2.45, 2.75) is 26.4 Å². The predicted molar refractivity (Wildman–Crippen MR) is 122 cm³/mol. The molecule has 3 rings (SSSR count). The predicted octanol–water partition coefficient (Wildman–Crippen LogP) is 4.09. The molecule has 0 aliphatic rings. The Hall–Kier alpha value is -4.07. The molecule has 0 saturated carbocycles. The number of hydrogen-bond donors (Lipinski definition) is 3. The Kier molecular flexibility index (Phi) is 7.28. The third kappa shape index (κ3) is 5.98. The number of benzene rings is 3. The zero-order chi connectivity index (χ0) is 23.1. The number of phenols is 1. The minimum absolute atomic E-state index is 0.0445. The highest BCUT2D eigenvalue weighted by molar-refractivity contribution is 5.78. The van der Waals surface area contributed by atoms with Gasteiger partial charge < -0.3 is 20.5 Å². The third-order valence-corrected chi connectivity index (χ3v) is 4.94. The zero-order valence-electron chi connectivity index (χ0n) is 17.9. The van der Waals surface area contributed by atoms with Crippen LogP contribution in [-0.2, 0) is 24.3 Å². The van der Waals surface area contributed by atoms with Crippen LogP contribution in [0.1, 0.15) is 22.3 Å². The van der Waals surface area contributed by atoms with Gasteiger partial charge in [0.25, 0.3) is 5.69 Å². The third-order valence-electron chi connectivity index (χ3n) is 4.94. The number of ether oxygens (including phenoxy) is 1. The Labute approximate surface area is 186 Å². The number of non-ortho nitro benzene ring substituents is 1. The van der Waals surface area contributed by atoms with Gasteiger partial charge in [-0.25, -0.2) is 0 Å². The molecule has 0 aromatic heterocycles. The van der Waals surface area contributed by atoms with Crippen LogP contribution in [0.2, 0.25) is 0 Å². The summed E-state index contributed by atoms with van der Waals surface area (Å²) in [4.78, 5) is 22.8. The molecule has 3 aromatic carbocycles. The molecule has 8 heteroatoms. The van der Waals surface area contributed by atoms with Gasteiger partial charge >= 0.3 is 0 Å². The number of nitrogens with one attached hydrogen (secondary N) is 2. The number of nitro groups is 1. The maximum atomic E-state index is 12.2. The lowest BCUT2D eigenvalue weighted by Gasteiger charge is -2.11. The Morgan fingerprint density at radius 3 is 2.47 bits per heavy atom. The van der Waals surface area contributed by atoms with Crippen molar-refractivity contribution < 1.29 is 19.6 Å². The van der Waals surface area contributed by atoms with Gasteiger partial charge in [0.1, 0.15) is 0 Å². The number of hydrogen-bond acceptors (Lipinski definition) is 6. The van der Waals surface area contributed by atoms with Crippen molar-refractivity contribution in [2.75, 3.05) is 12.4 Å². The molecule has 0 aliphatic heterocycles. The number of aromatic hydroxyl groups is 1. The summed E-state index contributed by atoms with van der Waals surface area (Å²) in [5, 5.41) is 27.4. The van der Waals surface area contributed by atoms with Gasteiger partial charge in [0.15, 0.2) is 11.5 Å². The van der Waals surface area contributed by atoms with Crippen molar-refractivity contribution in [1.29, 1.82) is 0 Å². The van der Waals surface area contributed by atoms with E-state index in [1.54, 1.807) is 0 Å². The van der Waals surface area contributed by atoms with Gasteiger partial charge in [0.05, 0.1) is 24.5 Å². The molecule has 3 aromatic rings. The Bertz CT molecular complexity index is 1110. The quantitative estimate of drug-likeness (QED) is 0.345. The van der Waals surface area contributed by atoms with Crippen LogP contribution >= 0.6 is 0 Å². The van der Waals surface area contributed by atoms with Crippen LogP contribution in [0.5, 0.6) is 11.5 Å². The molecule has 32 heavy (non-hydrogen) atoms. The van der Waals surface area contributed by atoms with Gasteiger partial charge in [0, 0.05) is 30.4 Å². The zero-order valence-corrected chi connectivity index (χ0v) is 17.9. The first kappa shape index (κ1) is 22.6. The van der Waals surface area contributed by atoms with Gasteiger partial charge in [-0.2, -0.15) is 0 Å². The molecule has 3 N–H and O–H groups in total. The van der Waals surface area contributed by atoms with Crippen LogP contribution in [0.4, 0.5) is 11.4 Å². The largest absolute Gasteiger partial charge is 0.504 e. The summed E-state index contributed by atoms with van der Waals surface area (Å²) in [7, 11) is 1.34. The van der Waals surface area contributed by atoms with Crippen LogP contribution in [0.15, 0.2) is 60.7 Å². The van der Waals surface area contributed by atoms with Gasteiger partial charge in [-0.05, 0) is 30.2 Å². The number of nitro benzene ring substituents is 1. The van der Waals surface area contributed by atoms with Crippen molar-refractivity contribution in [3.63, 3.8) is 0 Å². The van der Waals surface area contributed by atoms with Crippen LogP contribution in [-0.4, -0.2) is 23.0 Å². The van der Waals surface area contributed by atoms with E-state index in [1.165, 1.54) is 19.2 Å². The molecule has 0 fully saturated rings. The van der Waals surface area contributed by atoms with Gasteiger partial charge in [-0.1, -0.05) is 42.0 Å². The van der Waals surface area contributed by atoms with Crippen molar-refractivity contribution >= 4 is 17.3 Å². The van der Waals surface area contributed by atoms with E-state index >= 15 is 0 Å². The van der Waals surface area contributed by atoms with Crippen molar-refractivity contribution in [3.8, 4) is 11.5 Å². The Morgan fingerprint density at radius 2 is 1.81 bits per heavy atom. The lowest BCUT2D eigenvalue weighted by molar-refractivity contribution is -0.385. The standard InChI is InChI=1S/C24H25N3O5/c1-16-4-3-5-18(10-16)14-26-23(28)11-17-6-8-20(9-7-17)25-15-19-12-21(27(30)31)13-22(32-2)24(19)29/h3-10,12-13,25,29H,11,14-15H2,1-2H3,(H,26,28). The smallest absolute Gasteiger partial charge is 0.273 e. The monoisotopic (exact) mass is 435 g/mol. The topological polar surface area (TPSA) is 114 Å². The molecule has 0 unspecified atom stereocenters. The fourth-order valence-corrected chi connectivity index (χ4v) is 3.25. The highest BCUT2D eigenvalue weighted by Gasteiger charge is 2.16. The summed E-state index contributed by atoms with van der Waals surface area (Å²) in [6.45, 7) is 2.66. The molecule has 8 nitrogen and oxygen atoms in total. The first-order valence-electron chi connectivity index (χ1n) is 10.0. The second kappa shape index (κ2) is 10.3. The summed E-state index contributed by atoms with van der Waals surface area (Å²) in [5.74, 6) is -0.170. The molecular formula is C24H25N3O5. The normalized spacial score (nSPS) is 10.4. The molecule has 0 radical (unpaired) electrons. The minimum Gasteiger partial charge on any atom is -0.504 e. The number of aryl methyl sites for hydroxylation is 1. The molecule has 0 bridgehead atoms. The maximum Gasteiger partial charge on any atom is 0.273 e. The van der Waals surface area contributed by atoms with E-state index in [1.807, 2.05) is 55.5 Å². The summed E-state index contributed by atoms with van der Waals surface area (Å²) in [6.07, 6.45) is 0.259. The number of anilines is 1. The minimum atomic E-state index is -0.537. The Morgan fingerprint density at radius 1 is 1.06 bits per heavy atom. The lowest BCUT2D eigenvalue weighted by Crippen LogP contribution is -2.24. The number of methoxy groups -OCH3 is 1. The molecule has 166 valence electrons. The summed E-state index contributed by atoms with van der Waals surface area (Å²) in [5.41, 5.74) is 3.99. The van der Waals surface area contributed by atoms with E-state index in [2.05, 4.69) is 10.6 Å². The van der Waals surface area contributed by atoms with E-state index in [9.17, 15) is 20.0 Å². The molecule has 0 aliphatic carbocycles. The van der Waals surface area contributed by atoms with Gasteiger partial charge in [-0.15, -0.1) is 0 Å². The second-order valence-electron chi connectivity index (χ2n) is 7.41. The Balaban J connectivity index is 1.56. The van der Waals surface area contributed by atoms with E-state index in [4.69, 9.17) is 4.74 Å². The van der Waals surface area contributed by atoms with Crippen LogP contribution < -0.4 is 15.4 Å². The number of rotatable bonds is 9. The SMILES string of the molecule is COc1cc([N+](=O)[O-])cc(CNc2ccc(CC(=O)NCc3cccc(C)c3)cc2)c1O. The lowest BCUT2D eigenvalue weighted by atomic mass is 10.1. The van der Waals surface area contributed by atoms with E-state index in [0.717, 1.165) is 22.4 Å². The number of carbonyl (C=O) groups excluding carboxylic acids is 1. The van der Waals surface area contributed by atoms with Gasteiger partial charge in [0.2, 0.25) is 5.91 Å². The van der Waals surface area contributed by atoms with E-state index in [-0.39, 0.29) is 36.1 Å². The number of amides is 1. The van der Waals surface area contributed by atoms with Crippen LogP contribution in [0.25, 0.3) is 0 Å². The van der Waals surface area contributed by atoms with Gasteiger partial charge in [-0.3, -0.25) is 14.9 Å². The number of phenolic OH excluding ortho intramolecular Hbond substituents is 1. The van der Waals surface area contributed by atoms with Crippen molar-refractivity contribution in [2.24, 2.45) is 0 Å². The molecular weight excluding hydrogens is 410 g/mol. The fraction of sp³-hybridized carbons (Fsp3) is 0.208. The number of carbonyl (C=O) groups is 1. The average molecular weight is 435 g/mol.